The Bertz CT molecular complexity index is 188. The van der Waals surface area contributed by atoms with E-state index < -0.39 is 12.0 Å². The second kappa shape index (κ2) is 7.62. The Labute approximate surface area is 91.0 Å². The van der Waals surface area contributed by atoms with Gasteiger partial charge in [0.2, 0.25) is 0 Å². The summed E-state index contributed by atoms with van der Waals surface area (Å²) >= 11 is 0. The van der Waals surface area contributed by atoms with E-state index in [0.717, 1.165) is 25.7 Å². The van der Waals surface area contributed by atoms with E-state index in [-0.39, 0.29) is 18.5 Å². The lowest BCUT2D eigenvalue weighted by Crippen LogP contribution is -2.46. The Morgan fingerprint density at radius 3 is 2.27 bits per heavy atom. The van der Waals surface area contributed by atoms with Crippen LogP contribution in [0.15, 0.2) is 0 Å². The van der Waals surface area contributed by atoms with E-state index in [1.165, 1.54) is 0 Å². The number of carbonyl (C=O) groups is 1. The minimum Gasteiger partial charge on any atom is -0.480 e. The molecule has 0 bridgehead atoms. The third-order valence-electron chi connectivity index (χ3n) is 2.53. The molecule has 0 aromatic heterocycles. The fourth-order valence-corrected chi connectivity index (χ4v) is 1.41. The van der Waals surface area contributed by atoms with Gasteiger partial charge in [-0.1, -0.05) is 26.2 Å². The van der Waals surface area contributed by atoms with Gasteiger partial charge in [-0.25, -0.2) is 0 Å². The number of carboxylic acids is 1. The normalized spacial score (nSPS) is 17.1. The number of rotatable bonds is 8. The molecule has 0 aromatic rings. The van der Waals surface area contributed by atoms with Gasteiger partial charge in [0, 0.05) is 12.1 Å². The molecular weight excluding hydrogens is 194 g/mol. The van der Waals surface area contributed by atoms with Crippen molar-refractivity contribution >= 4 is 5.97 Å². The van der Waals surface area contributed by atoms with E-state index >= 15 is 0 Å². The summed E-state index contributed by atoms with van der Waals surface area (Å²) in [5.41, 5.74) is 17.0. The van der Waals surface area contributed by atoms with Crippen molar-refractivity contribution in [3.8, 4) is 0 Å². The van der Waals surface area contributed by atoms with Gasteiger partial charge in [0.1, 0.15) is 6.04 Å². The van der Waals surface area contributed by atoms with Crippen LogP contribution in [0.3, 0.4) is 0 Å². The Kier molecular flexibility index (Phi) is 7.29. The van der Waals surface area contributed by atoms with E-state index in [1.807, 2.05) is 0 Å². The molecule has 0 aromatic carbocycles. The van der Waals surface area contributed by atoms with Crippen molar-refractivity contribution in [2.75, 3.05) is 0 Å². The summed E-state index contributed by atoms with van der Waals surface area (Å²) in [6, 6.07) is -1.38. The summed E-state index contributed by atoms with van der Waals surface area (Å²) in [5, 5.41) is 8.61. The molecule has 0 fully saturated rings. The molecule has 0 spiro atoms. The molecule has 15 heavy (non-hydrogen) atoms. The lowest BCUT2D eigenvalue weighted by atomic mass is 9.97. The molecule has 7 N–H and O–H groups in total. The molecule has 0 amide bonds. The average molecular weight is 217 g/mol. The maximum absolute atomic E-state index is 10.5. The van der Waals surface area contributed by atoms with Crippen molar-refractivity contribution < 1.29 is 9.90 Å². The first-order chi connectivity index (χ1) is 6.99. The first kappa shape index (κ1) is 14.3. The van der Waals surface area contributed by atoms with Gasteiger partial charge in [-0.3, -0.25) is 4.79 Å². The molecule has 90 valence electrons. The SMILES string of the molecule is CCCCCC(N)C(N)CC(N)C(=O)O. The minimum absolute atomic E-state index is 0.151. The van der Waals surface area contributed by atoms with Crippen LogP contribution in [0.2, 0.25) is 0 Å². The molecular formula is C10H23N3O2. The molecule has 5 heteroatoms. The van der Waals surface area contributed by atoms with Gasteiger partial charge >= 0.3 is 5.97 Å². The van der Waals surface area contributed by atoms with E-state index in [0.29, 0.717) is 0 Å². The molecule has 0 aliphatic heterocycles. The Hall–Kier alpha value is -0.650. The molecule has 0 rings (SSSR count). The summed E-state index contributed by atoms with van der Waals surface area (Å²) in [7, 11) is 0. The monoisotopic (exact) mass is 217 g/mol. The predicted octanol–water partition coefficient (Wildman–Crippen LogP) is 0.0233. The fraction of sp³-hybridized carbons (Fsp3) is 0.900. The molecule has 5 nitrogen and oxygen atoms in total. The molecule has 0 saturated heterocycles. The Morgan fingerprint density at radius 2 is 1.80 bits per heavy atom. The molecule has 3 atom stereocenters. The quantitative estimate of drug-likeness (QED) is 0.428. The number of hydrogen-bond acceptors (Lipinski definition) is 4. The fourth-order valence-electron chi connectivity index (χ4n) is 1.41. The first-order valence-corrected chi connectivity index (χ1v) is 5.48. The van der Waals surface area contributed by atoms with Crippen molar-refractivity contribution in [3.63, 3.8) is 0 Å². The maximum Gasteiger partial charge on any atom is 0.320 e. The van der Waals surface area contributed by atoms with E-state index in [1.54, 1.807) is 0 Å². The van der Waals surface area contributed by atoms with E-state index in [4.69, 9.17) is 22.3 Å². The largest absolute Gasteiger partial charge is 0.480 e. The molecule has 0 aliphatic carbocycles. The van der Waals surface area contributed by atoms with E-state index in [2.05, 4.69) is 6.92 Å². The van der Waals surface area contributed by atoms with Crippen LogP contribution in [0, 0.1) is 0 Å². The molecule has 3 unspecified atom stereocenters. The third-order valence-corrected chi connectivity index (χ3v) is 2.53. The van der Waals surface area contributed by atoms with Crippen LogP contribution in [0.1, 0.15) is 39.0 Å². The van der Waals surface area contributed by atoms with Crippen LogP contribution < -0.4 is 17.2 Å². The lowest BCUT2D eigenvalue weighted by molar-refractivity contribution is -0.138. The highest BCUT2D eigenvalue weighted by atomic mass is 16.4. The van der Waals surface area contributed by atoms with Crippen molar-refractivity contribution in [2.45, 2.75) is 57.2 Å². The van der Waals surface area contributed by atoms with Crippen LogP contribution >= 0.6 is 0 Å². The van der Waals surface area contributed by atoms with Crippen molar-refractivity contribution in [3.05, 3.63) is 0 Å². The predicted molar refractivity (Wildman–Crippen MR) is 60.3 cm³/mol. The van der Waals surface area contributed by atoms with Crippen LogP contribution in [-0.2, 0) is 4.79 Å². The smallest absolute Gasteiger partial charge is 0.320 e. The van der Waals surface area contributed by atoms with Gasteiger partial charge in [0.15, 0.2) is 0 Å². The summed E-state index contributed by atoms with van der Waals surface area (Å²) in [5.74, 6) is -1.02. The van der Waals surface area contributed by atoms with Crippen LogP contribution in [-0.4, -0.2) is 29.2 Å². The van der Waals surface area contributed by atoms with E-state index in [9.17, 15) is 4.79 Å². The summed E-state index contributed by atoms with van der Waals surface area (Å²) in [6.07, 6.45) is 4.37. The summed E-state index contributed by atoms with van der Waals surface area (Å²) < 4.78 is 0. The second-order valence-electron chi connectivity index (χ2n) is 4.00. The maximum atomic E-state index is 10.5. The van der Waals surface area contributed by atoms with Crippen LogP contribution in [0.5, 0.6) is 0 Å². The van der Waals surface area contributed by atoms with Crippen molar-refractivity contribution in [1.82, 2.24) is 0 Å². The zero-order valence-electron chi connectivity index (χ0n) is 9.36. The number of nitrogens with two attached hydrogens (primary N) is 3. The van der Waals surface area contributed by atoms with Gasteiger partial charge in [0.25, 0.3) is 0 Å². The van der Waals surface area contributed by atoms with Crippen molar-refractivity contribution in [1.29, 1.82) is 0 Å². The highest BCUT2D eigenvalue weighted by Gasteiger charge is 2.20. The third kappa shape index (κ3) is 6.43. The molecule has 0 saturated carbocycles. The minimum atomic E-state index is -1.02. The second-order valence-corrected chi connectivity index (χ2v) is 4.00. The summed E-state index contributed by atoms with van der Waals surface area (Å²) in [6.45, 7) is 2.12. The van der Waals surface area contributed by atoms with Crippen LogP contribution in [0.25, 0.3) is 0 Å². The van der Waals surface area contributed by atoms with Crippen molar-refractivity contribution in [2.24, 2.45) is 17.2 Å². The van der Waals surface area contributed by atoms with Gasteiger partial charge in [0.05, 0.1) is 0 Å². The average Bonchev–Trinajstić information content (AvgIpc) is 2.17. The topological polar surface area (TPSA) is 115 Å². The van der Waals surface area contributed by atoms with Gasteiger partial charge in [-0.05, 0) is 12.8 Å². The highest BCUT2D eigenvalue weighted by molar-refractivity contribution is 5.73. The Balaban J connectivity index is 3.77. The zero-order chi connectivity index (χ0) is 11.8. The first-order valence-electron chi connectivity index (χ1n) is 5.48. The standard InChI is InChI=1S/C10H23N3O2/c1-2-3-4-5-7(11)8(12)6-9(13)10(14)15/h7-9H,2-6,11-13H2,1H3,(H,14,15). The lowest BCUT2D eigenvalue weighted by Gasteiger charge is -2.21. The molecule has 0 radical (unpaired) electrons. The molecule has 0 heterocycles. The number of carboxylic acid groups (broad SMARTS) is 1. The summed E-state index contributed by atoms with van der Waals surface area (Å²) in [4.78, 5) is 10.5. The number of aliphatic carboxylic acids is 1. The number of hydrogen-bond donors (Lipinski definition) is 4. The van der Waals surface area contributed by atoms with Crippen LogP contribution in [0.4, 0.5) is 0 Å². The molecule has 0 aliphatic rings. The Morgan fingerprint density at radius 1 is 1.20 bits per heavy atom. The van der Waals surface area contributed by atoms with Gasteiger partial charge in [-0.2, -0.15) is 0 Å². The zero-order valence-corrected chi connectivity index (χ0v) is 9.36. The van der Waals surface area contributed by atoms with Gasteiger partial charge < -0.3 is 22.3 Å². The number of unbranched alkanes of at least 4 members (excludes halogenated alkanes) is 2. The van der Waals surface area contributed by atoms with Gasteiger partial charge in [-0.15, -0.1) is 0 Å². The highest BCUT2D eigenvalue weighted by Crippen LogP contribution is 2.07.